The molecular weight excluding hydrogens is 410 g/mol. The second-order valence-corrected chi connectivity index (χ2v) is 8.06. The first-order valence-corrected chi connectivity index (χ1v) is 10.6. The summed E-state index contributed by atoms with van der Waals surface area (Å²) in [5, 5.41) is 10.8. The van der Waals surface area contributed by atoms with E-state index in [0.717, 1.165) is 24.1 Å². The van der Waals surface area contributed by atoms with Crippen molar-refractivity contribution in [3.05, 3.63) is 76.3 Å². The molecule has 1 amide bonds. The Kier molecular flexibility index (Phi) is 5.22. The minimum Gasteiger partial charge on any atom is -0.461 e. The summed E-state index contributed by atoms with van der Waals surface area (Å²) in [6.07, 6.45) is 3.86. The van der Waals surface area contributed by atoms with Crippen molar-refractivity contribution in [1.82, 2.24) is 24.8 Å². The molecule has 164 valence electrons. The molecule has 1 aromatic carbocycles. The van der Waals surface area contributed by atoms with Gasteiger partial charge in [0.15, 0.2) is 11.5 Å². The minimum atomic E-state index is -0.236. The normalized spacial score (nSPS) is 14.7. The van der Waals surface area contributed by atoms with Crippen LogP contribution in [-0.2, 0) is 6.42 Å². The Balaban J connectivity index is 1.24. The summed E-state index contributed by atoms with van der Waals surface area (Å²) >= 11 is 0. The number of carbonyl (C=O) groups excluding carboxylic acids is 1. The highest BCUT2D eigenvalue weighted by atomic mass is 16.5. The standard InChI is InChI=1S/C23H23N5O4/c1-15-5-2-3-6-18(15)28-21(24-25-23(28)30)13-16-8-10-27(11-9-16)22(29)17-14-20(32-26-17)19-7-4-12-31-19/h2-7,12,14,16H,8-11,13H2,1H3,(H,25,30). The maximum atomic E-state index is 12.8. The summed E-state index contributed by atoms with van der Waals surface area (Å²) in [6.45, 7) is 3.21. The van der Waals surface area contributed by atoms with E-state index in [9.17, 15) is 9.59 Å². The summed E-state index contributed by atoms with van der Waals surface area (Å²) in [5.41, 5.74) is 1.89. The van der Waals surface area contributed by atoms with Crippen molar-refractivity contribution in [2.45, 2.75) is 26.2 Å². The quantitative estimate of drug-likeness (QED) is 0.517. The van der Waals surface area contributed by atoms with Crippen LogP contribution in [0.3, 0.4) is 0 Å². The lowest BCUT2D eigenvalue weighted by Gasteiger charge is -2.31. The molecule has 1 aliphatic heterocycles. The molecule has 0 aliphatic carbocycles. The smallest absolute Gasteiger partial charge is 0.347 e. The average molecular weight is 433 g/mol. The highest BCUT2D eigenvalue weighted by Crippen LogP contribution is 2.25. The topological polar surface area (TPSA) is 110 Å². The minimum absolute atomic E-state index is 0.151. The van der Waals surface area contributed by atoms with Gasteiger partial charge in [-0.15, -0.1) is 0 Å². The van der Waals surface area contributed by atoms with Gasteiger partial charge in [-0.1, -0.05) is 23.4 Å². The van der Waals surface area contributed by atoms with Gasteiger partial charge in [-0.2, -0.15) is 5.10 Å². The van der Waals surface area contributed by atoms with Crippen molar-refractivity contribution in [3.8, 4) is 17.2 Å². The fourth-order valence-corrected chi connectivity index (χ4v) is 4.20. The van der Waals surface area contributed by atoms with Crippen molar-refractivity contribution >= 4 is 5.91 Å². The van der Waals surface area contributed by atoms with Gasteiger partial charge in [0.25, 0.3) is 5.91 Å². The van der Waals surface area contributed by atoms with Crippen LogP contribution < -0.4 is 5.69 Å². The number of piperidine rings is 1. The van der Waals surface area contributed by atoms with Gasteiger partial charge in [0.1, 0.15) is 5.82 Å². The van der Waals surface area contributed by atoms with E-state index in [2.05, 4.69) is 15.4 Å². The number of nitrogens with one attached hydrogen (secondary N) is 1. The zero-order valence-corrected chi connectivity index (χ0v) is 17.7. The highest BCUT2D eigenvalue weighted by molar-refractivity contribution is 5.93. The molecule has 0 atom stereocenters. The number of aryl methyl sites for hydroxylation is 1. The van der Waals surface area contributed by atoms with E-state index in [4.69, 9.17) is 8.94 Å². The molecule has 32 heavy (non-hydrogen) atoms. The number of H-pyrrole nitrogens is 1. The molecule has 0 spiro atoms. The molecule has 1 N–H and O–H groups in total. The molecule has 0 saturated carbocycles. The van der Waals surface area contributed by atoms with Gasteiger partial charge >= 0.3 is 5.69 Å². The number of hydrogen-bond acceptors (Lipinski definition) is 6. The molecule has 9 heteroatoms. The molecule has 3 aromatic heterocycles. The van der Waals surface area contributed by atoms with E-state index in [1.165, 1.54) is 0 Å². The van der Waals surface area contributed by atoms with Gasteiger partial charge < -0.3 is 13.8 Å². The summed E-state index contributed by atoms with van der Waals surface area (Å²) in [6, 6.07) is 12.9. The van der Waals surface area contributed by atoms with Crippen molar-refractivity contribution in [2.24, 2.45) is 5.92 Å². The molecule has 0 radical (unpaired) electrons. The molecule has 5 rings (SSSR count). The number of hydrogen-bond donors (Lipinski definition) is 1. The van der Waals surface area contributed by atoms with Gasteiger partial charge in [-0.05, 0) is 49.4 Å². The second kappa shape index (κ2) is 8.33. The van der Waals surface area contributed by atoms with Crippen LogP contribution in [0.25, 0.3) is 17.2 Å². The second-order valence-electron chi connectivity index (χ2n) is 8.06. The van der Waals surface area contributed by atoms with Gasteiger partial charge in [0.05, 0.1) is 12.0 Å². The average Bonchev–Trinajstić information content (AvgIpc) is 3.56. The number of aromatic amines is 1. The number of carbonyl (C=O) groups is 1. The van der Waals surface area contributed by atoms with Crippen LogP contribution in [0.4, 0.5) is 0 Å². The number of amides is 1. The number of rotatable bonds is 5. The van der Waals surface area contributed by atoms with Gasteiger partial charge in [-0.25, -0.2) is 14.5 Å². The predicted molar refractivity (Wildman–Crippen MR) is 115 cm³/mol. The first-order valence-electron chi connectivity index (χ1n) is 10.6. The van der Waals surface area contributed by atoms with Gasteiger partial charge in [-0.3, -0.25) is 4.79 Å². The summed E-state index contributed by atoms with van der Waals surface area (Å²) in [7, 11) is 0. The number of furan rings is 1. The lowest BCUT2D eigenvalue weighted by molar-refractivity contribution is 0.0679. The van der Waals surface area contributed by atoms with E-state index in [-0.39, 0.29) is 17.3 Å². The van der Waals surface area contributed by atoms with Crippen LogP contribution in [0.2, 0.25) is 0 Å². The Hall–Kier alpha value is -3.88. The Labute approximate surface area is 183 Å². The molecule has 1 fully saturated rings. The van der Waals surface area contributed by atoms with Crippen molar-refractivity contribution < 1.29 is 13.7 Å². The maximum Gasteiger partial charge on any atom is 0.347 e. The largest absolute Gasteiger partial charge is 0.461 e. The number of nitrogens with zero attached hydrogens (tertiary/aromatic N) is 4. The summed E-state index contributed by atoms with van der Waals surface area (Å²) < 4.78 is 12.2. The lowest BCUT2D eigenvalue weighted by Crippen LogP contribution is -2.39. The first-order chi connectivity index (χ1) is 15.6. The van der Waals surface area contributed by atoms with Crippen LogP contribution in [0.5, 0.6) is 0 Å². The highest BCUT2D eigenvalue weighted by Gasteiger charge is 2.27. The molecule has 4 aromatic rings. The first kappa shape index (κ1) is 20.0. The Morgan fingerprint density at radius 1 is 1.16 bits per heavy atom. The SMILES string of the molecule is Cc1ccccc1-n1c(CC2CCN(C(=O)c3cc(-c4ccco4)on3)CC2)n[nH]c1=O. The van der Waals surface area contributed by atoms with E-state index >= 15 is 0 Å². The third kappa shape index (κ3) is 3.77. The maximum absolute atomic E-state index is 12.8. The molecule has 1 aliphatic rings. The Morgan fingerprint density at radius 2 is 1.97 bits per heavy atom. The third-order valence-corrected chi connectivity index (χ3v) is 5.96. The molecule has 0 bridgehead atoms. The fourth-order valence-electron chi connectivity index (χ4n) is 4.20. The van der Waals surface area contributed by atoms with Crippen LogP contribution in [-0.4, -0.2) is 43.8 Å². The van der Waals surface area contributed by atoms with Crippen LogP contribution in [0.15, 0.2) is 62.5 Å². The van der Waals surface area contributed by atoms with Crippen molar-refractivity contribution in [2.75, 3.05) is 13.1 Å². The Bertz CT molecular complexity index is 1280. The van der Waals surface area contributed by atoms with E-state index in [1.54, 1.807) is 33.9 Å². The van der Waals surface area contributed by atoms with E-state index < -0.39 is 0 Å². The molecule has 0 unspecified atom stereocenters. The third-order valence-electron chi connectivity index (χ3n) is 5.96. The number of benzene rings is 1. The summed E-state index contributed by atoms with van der Waals surface area (Å²) in [4.78, 5) is 27.0. The van der Waals surface area contributed by atoms with E-state index in [0.29, 0.717) is 42.8 Å². The lowest BCUT2D eigenvalue weighted by atomic mass is 9.93. The number of likely N-dealkylation sites (tertiary alicyclic amines) is 1. The number of para-hydroxylation sites is 1. The monoisotopic (exact) mass is 433 g/mol. The summed E-state index contributed by atoms with van der Waals surface area (Å²) in [5.74, 6) is 1.86. The fraction of sp³-hybridized carbons (Fsp3) is 0.304. The number of aromatic nitrogens is 4. The zero-order chi connectivity index (χ0) is 22.1. The van der Waals surface area contributed by atoms with Gasteiger partial charge in [0.2, 0.25) is 5.76 Å². The zero-order valence-electron chi connectivity index (χ0n) is 17.7. The van der Waals surface area contributed by atoms with Crippen LogP contribution in [0.1, 0.15) is 34.7 Å². The molecule has 4 heterocycles. The van der Waals surface area contributed by atoms with Crippen LogP contribution in [0, 0.1) is 12.8 Å². The van der Waals surface area contributed by atoms with Crippen LogP contribution >= 0.6 is 0 Å². The van der Waals surface area contributed by atoms with E-state index in [1.807, 2.05) is 31.2 Å². The predicted octanol–water partition coefficient (Wildman–Crippen LogP) is 3.21. The molecular formula is C23H23N5O4. The molecule has 9 nitrogen and oxygen atoms in total. The van der Waals surface area contributed by atoms with Crippen molar-refractivity contribution in [3.63, 3.8) is 0 Å². The Morgan fingerprint density at radius 3 is 2.72 bits per heavy atom. The molecule has 1 saturated heterocycles. The van der Waals surface area contributed by atoms with Gasteiger partial charge in [0, 0.05) is 25.6 Å². The van der Waals surface area contributed by atoms with Crippen molar-refractivity contribution in [1.29, 1.82) is 0 Å².